The van der Waals surface area contributed by atoms with E-state index in [1.54, 1.807) is 55.6 Å². The summed E-state index contributed by atoms with van der Waals surface area (Å²) < 4.78 is 10.0. The number of aliphatic carboxylic acids is 1. The van der Waals surface area contributed by atoms with E-state index in [1.165, 1.54) is 7.11 Å². The third-order valence-corrected chi connectivity index (χ3v) is 5.24. The molecule has 0 spiro atoms. The fourth-order valence-electron chi connectivity index (χ4n) is 3.30. The number of carbonyl (C=O) groups is 2. The number of hydrogen-bond acceptors (Lipinski definition) is 10. The van der Waals surface area contributed by atoms with Crippen LogP contribution >= 0.6 is 0 Å². The zero-order chi connectivity index (χ0) is 31.8. The third kappa shape index (κ3) is 14.7. The molecule has 0 saturated heterocycles. The minimum atomic E-state index is -1.19. The number of Topliss-reactive ketones (excluding diaryl/α,β-unsaturated/α-hetero) is 1. The zero-order valence-electron chi connectivity index (χ0n) is 22.4. The van der Waals surface area contributed by atoms with Gasteiger partial charge in [-0.15, -0.1) is 0 Å². The highest BCUT2D eigenvalue weighted by molar-refractivity contribution is 8.37. The van der Waals surface area contributed by atoms with Crippen molar-refractivity contribution in [3.8, 4) is 11.5 Å². The number of ether oxygens (including phenoxy) is 2. The topological polar surface area (TPSA) is 170 Å². The van der Waals surface area contributed by atoms with Crippen molar-refractivity contribution in [1.29, 1.82) is 0 Å². The average molecular weight is 663 g/mol. The van der Waals surface area contributed by atoms with Gasteiger partial charge in [0.05, 0.1) is 14.2 Å². The van der Waals surface area contributed by atoms with Crippen molar-refractivity contribution in [3.63, 3.8) is 0 Å². The second kappa shape index (κ2) is 23.8. The van der Waals surface area contributed by atoms with Crippen LogP contribution in [0.2, 0.25) is 0 Å². The maximum Gasteiger partial charge on any atom is 0.316 e. The molecule has 0 saturated carbocycles. The number of nitrogens with zero attached hydrogens (tertiary/aromatic N) is 6. The molecule has 0 amide bonds. The molecule has 2 atom stereocenters. The van der Waals surface area contributed by atoms with Gasteiger partial charge in [0.2, 0.25) is 0 Å². The maximum atomic E-state index is 12.4. The summed E-state index contributed by atoms with van der Waals surface area (Å²) >= 11 is 15.6. The first-order valence-electron chi connectivity index (χ1n) is 11.6. The Balaban J connectivity index is 0.000000731. The predicted molar refractivity (Wildman–Crippen MR) is 174 cm³/mol. The van der Waals surface area contributed by atoms with Crippen molar-refractivity contribution in [2.45, 2.75) is 24.9 Å². The highest BCUT2D eigenvalue weighted by Crippen LogP contribution is 2.24. The smallest absolute Gasteiger partial charge is 0.316 e. The number of hydrogen-bond donors (Lipinski definition) is 1. The van der Waals surface area contributed by atoms with E-state index in [0.29, 0.717) is 35.5 Å². The summed E-state index contributed by atoms with van der Waals surface area (Å²) in [5.74, 6) is 0.0359. The van der Waals surface area contributed by atoms with Gasteiger partial charge in [0.15, 0.2) is 6.04 Å². The molecular weight excluding hydrogens is 637 g/mol. The Labute approximate surface area is 265 Å². The number of carbonyl (C=O) groups excluding carboxylic acids is 1. The third-order valence-electron chi connectivity index (χ3n) is 5.24. The number of carboxylic acids is 1. The van der Waals surface area contributed by atoms with Gasteiger partial charge in [-0.1, -0.05) is 64.8 Å². The summed E-state index contributed by atoms with van der Waals surface area (Å²) in [6, 6.07) is 21.1. The maximum absolute atomic E-state index is 12.4. The van der Waals surface area contributed by atoms with Crippen LogP contribution in [0.5, 0.6) is 11.5 Å². The van der Waals surface area contributed by atoms with Gasteiger partial charge in [0, 0.05) is 69.9 Å². The van der Waals surface area contributed by atoms with Crippen LogP contribution < -0.4 is 9.47 Å². The molecule has 3 aromatic carbocycles. The van der Waals surface area contributed by atoms with Gasteiger partial charge in [0.1, 0.15) is 23.3 Å². The van der Waals surface area contributed by atoms with Crippen LogP contribution in [-0.4, -0.2) is 31.1 Å². The van der Waals surface area contributed by atoms with Gasteiger partial charge in [0.25, 0.3) is 0 Å². The molecule has 16 heteroatoms. The first kappa shape index (κ1) is 38.1. The molecule has 3 aromatic rings. The van der Waals surface area contributed by atoms with Gasteiger partial charge >= 0.3 is 5.97 Å². The van der Waals surface area contributed by atoms with Crippen LogP contribution in [0.15, 0.2) is 89.1 Å². The number of benzene rings is 3. The molecule has 3 rings (SSSR count). The Bertz CT molecular complexity index is 1380. The molecule has 0 fully saturated rings. The molecule has 0 bridgehead atoms. The van der Waals surface area contributed by atoms with Crippen LogP contribution in [0.1, 0.15) is 35.2 Å². The molecule has 220 valence electrons. The zero-order valence-corrected chi connectivity index (χ0v) is 26.5. The van der Waals surface area contributed by atoms with Crippen molar-refractivity contribution in [2.75, 3.05) is 14.2 Å². The Morgan fingerprint density at radius 1 is 0.810 bits per heavy atom. The van der Waals surface area contributed by atoms with Crippen molar-refractivity contribution >= 4 is 65.4 Å². The Hall–Kier alpha value is -3.88. The standard InChI is InChI=1S/C17H17N3O2.C9H9N3O3.S3.S2/c1-22-15-10-8-14(9-11-15)17(19-20-18)16(21)12-7-13-5-3-2-4-6-13;1-15-7-4-2-6(3-5-7)8(9(13)14)11-12-10;1-3-2;1-2/h2-6,8-11,17H,7,12H2,1H3;2-5,8H,1H3,(H,13,14);;. The first-order chi connectivity index (χ1) is 20.3. The Morgan fingerprint density at radius 2 is 1.21 bits per heavy atom. The summed E-state index contributed by atoms with van der Waals surface area (Å²) in [6.45, 7) is 0. The van der Waals surface area contributed by atoms with Crippen LogP contribution in [0.25, 0.3) is 20.9 Å². The molecule has 11 nitrogen and oxygen atoms in total. The van der Waals surface area contributed by atoms with Gasteiger partial charge in [-0.2, -0.15) is 0 Å². The van der Waals surface area contributed by atoms with E-state index in [2.05, 4.69) is 64.8 Å². The van der Waals surface area contributed by atoms with E-state index in [0.717, 1.165) is 14.4 Å². The lowest BCUT2D eigenvalue weighted by Gasteiger charge is -2.11. The van der Waals surface area contributed by atoms with Crippen LogP contribution in [0.4, 0.5) is 0 Å². The monoisotopic (exact) mass is 662 g/mol. The predicted octanol–water partition coefficient (Wildman–Crippen LogP) is 6.37. The fourth-order valence-corrected chi connectivity index (χ4v) is 3.30. The molecule has 42 heavy (non-hydrogen) atoms. The number of azide groups is 2. The highest BCUT2D eigenvalue weighted by Gasteiger charge is 2.19. The molecule has 2 unspecified atom stereocenters. The lowest BCUT2D eigenvalue weighted by molar-refractivity contribution is -0.138. The van der Waals surface area contributed by atoms with E-state index in [4.69, 9.17) is 25.6 Å². The minimum absolute atomic E-state index is 0.0909. The summed E-state index contributed by atoms with van der Waals surface area (Å²) in [7, 11) is 4.00. The second-order valence-electron chi connectivity index (χ2n) is 7.62. The minimum Gasteiger partial charge on any atom is -0.497 e. The summed E-state index contributed by atoms with van der Waals surface area (Å²) in [6.07, 6.45) is 0.965. The number of ketones is 1. The normalized spacial score (nSPS) is 10.3. The molecule has 0 aliphatic heterocycles. The lowest BCUT2D eigenvalue weighted by Crippen LogP contribution is -2.11. The van der Waals surface area contributed by atoms with Gasteiger partial charge in [-0.3, -0.25) is 9.59 Å². The lowest BCUT2D eigenvalue weighted by atomic mass is 9.98. The Kier molecular flexibility index (Phi) is 21.6. The number of rotatable bonds is 11. The van der Waals surface area contributed by atoms with Crippen LogP contribution in [-0.2, 0) is 69.6 Å². The number of aryl methyl sites for hydroxylation is 1. The fraction of sp³-hybridized carbons (Fsp3) is 0.231. The second-order valence-corrected chi connectivity index (χ2v) is 9.39. The van der Waals surface area contributed by atoms with Crippen molar-refractivity contribution in [3.05, 3.63) is 116 Å². The molecular formula is C26H26N6O5S5. The Morgan fingerprint density at radius 3 is 1.60 bits per heavy atom. The largest absolute Gasteiger partial charge is 0.497 e. The first-order valence-corrected chi connectivity index (χ1v) is 15.6. The number of carboxylic acid groups (broad SMARTS) is 1. The number of methoxy groups -OCH3 is 2. The van der Waals surface area contributed by atoms with Crippen molar-refractivity contribution in [2.24, 2.45) is 10.2 Å². The van der Waals surface area contributed by atoms with Gasteiger partial charge < -0.3 is 14.6 Å². The van der Waals surface area contributed by atoms with Crippen LogP contribution in [0.3, 0.4) is 0 Å². The molecule has 0 aliphatic rings. The van der Waals surface area contributed by atoms with E-state index in [9.17, 15) is 9.59 Å². The van der Waals surface area contributed by atoms with Gasteiger partial charge in [-0.25, -0.2) is 0 Å². The van der Waals surface area contributed by atoms with E-state index in [1.807, 2.05) is 30.3 Å². The van der Waals surface area contributed by atoms with Crippen LogP contribution in [0, 0.1) is 0 Å². The summed E-state index contributed by atoms with van der Waals surface area (Å²) in [5, 5.41) is 15.6. The molecule has 0 aromatic heterocycles. The molecule has 0 radical (unpaired) electrons. The van der Waals surface area contributed by atoms with E-state index < -0.39 is 18.1 Å². The quantitative estimate of drug-likeness (QED) is 0.139. The van der Waals surface area contributed by atoms with Crippen molar-refractivity contribution in [1.82, 2.24) is 0 Å². The SMILES string of the molecule is COc1ccc(C(N=[N+]=[N-])C(=O)CCc2ccccc2)cc1.COc1ccc(C(N=[N+]=[N-])C(=O)O)cc1.S=S.S=S=S. The molecule has 0 heterocycles. The molecule has 1 N–H and O–H groups in total. The molecule has 0 aliphatic carbocycles. The summed E-state index contributed by atoms with van der Waals surface area (Å²) in [5.41, 5.74) is 19.1. The average Bonchev–Trinajstić information content (AvgIpc) is 3.03. The van der Waals surface area contributed by atoms with Crippen molar-refractivity contribution < 1.29 is 24.2 Å². The van der Waals surface area contributed by atoms with E-state index in [-0.39, 0.29) is 5.78 Å². The van der Waals surface area contributed by atoms with E-state index >= 15 is 0 Å². The summed E-state index contributed by atoms with van der Waals surface area (Å²) in [4.78, 5) is 28.4. The highest BCUT2D eigenvalue weighted by atomic mass is 33.1. The van der Waals surface area contributed by atoms with Gasteiger partial charge in [-0.05, 0) is 58.4 Å².